The third kappa shape index (κ3) is 3.01. The predicted molar refractivity (Wildman–Crippen MR) is 96.1 cm³/mol. The molecule has 8 heteroatoms. The maximum Gasteiger partial charge on any atom is 0.277 e. The Balaban J connectivity index is 1.58. The van der Waals surface area contributed by atoms with E-state index in [1.54, 1.807) is 36.3 Å². The summed E-state index contributed by atoms with van der Waals surface area (Å²) >= 11 is 0. The van der Waals surface area contributed by atoms with Crippen molar-refractivity contribution >= 4 is 17.3 Å². The molecule has 0 saturated carbocycles. The van der Waals surface area contributed by atoms with Crippen LogP contribution in [-0.4, -0.2) is 48.6 Å². The summed E-state index contributed by atoms with van der Waals surface area (Å²) in [6, 6.07) is 3.50. The van der Waals surface area contributed by atoms with Crippen LogP contribution >= 0.6 is 0 Å². The SMILES string of the molecule is Cc1ccc2nc(C(=O)N3CCC[C@H](C(=O)c4nccn4C)C3)c(F)n2c1. The first-order valence-electron chi connectivity index (χ1n) is 8.90. The van der Waals surface area contributed by atoms with Crippen molar-refractivity contribution < 1.29 is 14.0 Å². The minimum atomic E-state index is -0.670. The second-order valence-corrected chi connectivity index (χ2v) is 7.00. The second kappa shape index (κ2) is 6.61. The van der Waals surface area contributed by atoms with Crippen LogP contribution in [0.5, 0.6) is 0 Å². The van der Waals surface area contributed by atoms with E-state index >= 15 is 0 Å². The summed E-state index contributed by atoms with van der Waals surface area (Å²) in [4.78, 5) is 35.4. The molecule has 3 aromatic heterocycles. The minimum Gasteiger partial charge on any atom is -0.336 e. The van der Waals surface area contributed by atoms with Gasteiger partial charge in [-0.3, -0.25) is 14.0 Å². The van der Waals surface area contributed by atoms with Gasteiger partial charge in [0.1, 0.15) is 5.65 Å². The van der Waals surface area contributed by atoms with Crippen LogP contribution in [0.15, 0.2) is 30.7 Å². The summed E-state index contributed by atoms with van der Waals surface area (Å²) in [7, 11) is 1.76. The van der Waals surface area contributed by atoms with Crippen molar-refractivity contribution in [3.63, 3.8) is 0 Å². The fourth-order valence-corrected chi connectivity index (χ4v) is 3.57. The largest absolute Gasteiger partial charge is 0.336 e. The summed E-state index contributed by atoms with van der Waals surface area (Å²) < 4.78 is 17.7. The highest BCUT2D eigenvalue weighted by molar-refractivity contribution is 5.97. The van der Waals surface area contributed by atoms with Gasteiger partial charge in [-0.1, -0.05) is 6.07 Å². The van der Waals surface area contributed by atoms with Crippen molar-refractivity contribution in [3.05, 3.63) is 53.8 Å². The Morgan fingerprint density at radius 1 is 1.30 bits per heavy atom. The van der Waals surface area contributed by atoms with E-state index < -0.39 is 11.9 Å². The Hall–Kier alpha value is -3.03. The number of ketones is 1. The third-order valence-corrected chi connectivity index (χ3v) is 5.03. The van der Waals surface area contributed by atoms with Crippen LogP contribution in [-0.2, 0) is 7.05 Å². The Bertz CT molecular complexity index is 1040. The van der Waals surface area contributed by atoms with Gasteiger partial charge in [-0.15, -0.1) is 0 Å². The molecule has 0 bridgehead atoms. The number of nitrogens with zero attached hydrogens (tertiary/aromatic N) is 5. The number of pyridine rings is 1. The van der Waals surface area contributed by atoms with Gasteiger partial charge in [0, 0.05) is 44.6 Å². The molecule has 7 nitrogen and oxygen atoms in total. The number of aryl methyl sites for hydroxylation is 2. The van der Waals surface area contributed by atoms with Gasteiger partial charge in [-0.25, -0.2) is 9.97 Å². The van der Waals surface area contributed by atoms with Gasteiger partial charge in [0.05, 0.1) is 0 Å². The van der Waals surface area contributed by atoms with Crippen molar-refractivity contribution in [3.8, 4) is 0 Å². The first-order chi connectivity index (χ1) is 13.0. The quantitative estimate of drug-likeness (QED) is 0.664. The summed E-state index contributed by atoms with van der Waals surface area (Å²) in [5.41, 5.74) is 1.06. The lowest BCUT2D eigenvalue weighted by molar-refractivity contribution is 0.0624. The molecule has 1 fully saturated rings. The fourth-order valence-electron chi connectivity index (χ4n) is 3.57. The number of imidazole rings is 2. The molecule has 0 N–H and O–H groups in total. The number of likely N-dealkylation sites (tertiary alicyclic amines) is 1. The lowest BCUT2D eigenvalue weighted by atomic mass is 9.93. The molecule has 1 aliphatic rings. The van der Waals surface area contributed by atoms with E-state index in [0.29, 0.717) is 30.9 Å². The molecular formula is C19H20FN5O2. The topological polar surface area (TPSA) is 72.5 Å². The van der Waals surface area contributed by atoms with E-state index in [-0.39, 0.29) is 23.9 Å². The maximum atomic E-state index is 14.7. The van der Waals surface area contributed by atoms with Crippen molar-refractivity contribution in [2.24, 2.45) is 13.0 Å². The van der Waals surface area contributed by atoms with Crippen molar-refractivity contribution in [1.29, 1.82) is 0 Å². The van der Waals surface area contributed by atoms with Crippen LogP contribution in [0.25, 0.3) is 5.65 Å². The Morgan fingerprint density at radius 2 is 2.11 bits per heavy atom. The number of fused-ring (bicyclic) bond motifs is 1. The molecule has 4 heterocycles. The molecule has 1 aliphatic heterocycles. The zero-order valence-corrected chi connectivity index (χ0v) is 15.2. The summed E-state index contributed by atoms with van der Waals surface area (Å²) in [6.07, 6.45) is 6.26. The smallest absolute Gasteiger partial charge is 0.277 e. The van der Waals surface area contributed by atoms with Crippen LogP contribution < -0.4 is 0 Å². The second-order valence-electron chi connectivity index (χ2n) is 7.00. The first-order valence-corrected chi connectivity index (χ1v) is 8.90. The highest BCUT2D eigenvalue weighted by atomic mass is 19.1. The molecule has 27 heavy (non-hydrogen) atoms. The van der Waals surface area contributed by atoms with E-state index in [4.69, 9.17) is 0 Å². The molecule has 1 atom stereocenters. The number of carbonyl (C=O) groups is 2. The third-order valence-electron chi connectivity index (χ3n) is 5.03. The zero-order valence-electron chi connectivity index (χ0n) is 15.2. The standard InChI is InChI=1S/C19H20FN5O2/c1-12-5-6-14-22-15(17(20)25(14)10-12)19(27)24-8-3-4-13(11-24)16(26)18-21-7-9-23(18)2/h5-7,9-10,13H,3-4,8,11H2,1-2H3/t13-/m0/s1. The number of rotatable bonds is 3. The minimum absolute atomic E-state index is 0.0916. The fraction of sp³-hybridized carbons (Fsp3) is 0.368. The normalized spacial score (nSPS) is 17.4. The highest BCUT2D eigenvalue weighted by Crippen LogP contribution is 2.23. The summed E-state index contributed by atoms with van der Waals surface area (Å²) in [5, 5.41) is 0. The Morgan fingerprint density at radius 3 is 2.85 bits per heavy atom. The zero-order chi connectivity index (χ0) is 19.1. The summed E-state index contributed by atoms with van der Waals surface area (Å²) in [6.45, 7) is 2.57. The lowest BCUT2D eigenvalue weighted by Crippen LogP contribution is -2.43. The lowest BCUT2D eigenvalue weighted by Gasteiger charge is -2.31. The molecule has 1 amide bonds. The molecular weight excluding hydrogens is 349 g/mol. The maximum absolute atomic E-state index is 14.7. The average molecular weight is 369 g/mol. The van der Waals surface area contributed by atoms with Crippen molar-refractivity contribution in [1.82, 2.24) is 23.8 Å². The van der Waals surface area contributed by atoms with Crippen LogP contribution in [0, 0.1) is 18.8 Å². The number of aromatic nitrogens is 4. The predicted octanol–water partition coefficient (Wildman–Crippen LogP) is 2.25. The number of hydrogen-bond donors (Lipinski definition) is 0. The molecule has 1 saturated heterocycles. The molecule has 0 spiro atoms. The molecule has 0 aromatic carbocycles. The van der Waals surface area contributed by atoms with Gasteiger partial charge < -0.3 is 9.47 Å². The first kappa shape index (κ1) is 17.4. The van der Waals surface area contributed by atoms with Gasteiger partial charge in [-0.2, -0.15) is 4.39 Å². The van der Waals surface area contributed by atoms with Gasteiger partial charge in [0.15, 0.2) is 11.5 Å². The number of amides is 1. The van der Waals surface area contributed by atoms with Gasteiger partial charge in [-0.05, 0) is 31.4 Å². The number of halogens is 1. The van der Waals surface area contributed by atoms with Crippen molar-refractivity contribution in [2.75, 3.05) is 13.1 Å². The van der Waals surface area contributed by atoms with Crippen molar-refractivity contribution in [2.45, 2.75) is 19.8 Å². The van der Waals surface area contributed by atoms with E-state index in [9.17, 15) is 14.0 Å². The molecule has 0 radical (unpaired) electrons. The molecule has 140 valence electrons. The number of piperidine rings is 1. The Labute approximate surface area is 155 Å². The average Bonchev–Trinajstić information content (AvgIpc) is 3.24. The Kier molecular flexibility index (Phi) is 4.25. The van der Waals surface area contributed by atoms with E-state index in [0.717, 1.165) is 5.56 Å². The molecule has 0 aliphatic carbocycles. The van der Waals surface area contributed by atoms with Crippen LogP contribution in [0.2, 0.25) is 0 Å². The number of carbonyl (C=O) groups excluding carboxylic acids is 2. The molecule has 4 rings (SSSR count). The number of hydrogen-bond acceptors (Lipinski definition) is 4. The number of Topliss-reactive ketones (excluding diaryl/α,β-unsaturated/α-hetero) is 1. The van der Waals surface area contributed by atoms with Gasteiger partial charge >= 0.3 is 0 Å². The molecule has 3 aromatic rings. The summed E-state index contributed by atoms with van der Waals surface area (Å²) in [5.74, 6) is -1.21. The van der Waals surface area contributed by atoms with Gasteiger partial charge in [0.2, 0.25) is 11.7 Å². The monoisotopic (exact) mass is 369 g/mol. The van der Waals surface area contributed by atoms with Crippen LogP contribution in [0.4, 0.5) is 4.39 Å². The highest BCUT2D eigenvalue weighted by Gasteiger charge is 2.33. The van der Waals surface area contributed by atoms with Crippen LogP contribution in [0.3, 0.4) is 0 Å². The molecule has 0 unspecified atom stereocenters. The van der Waals surface area contributed by atoms with E-state index in [1.165, 1.54) is 9.30 Å². The van der Waals surface area contributed by atoms with Crippen LogP contribution in [0.1, 0.15) is 39.5 Å². The van der Waals surface area contributed by atoms with Gasteiger partial charge in [0.25, 0.3) is 5.91 Å². The van der Waals surface area contributed by atoms with E-state index in [2.05, 4.69) is 9.97 Å². The van der Waals surface area contributed by atoms with E-state index in [1.807, 2.05) is 13.0 Å².